The number of rotatable bonds is 8. The van der Waals surface area contributed by atoms with Crippen LogP contribution in [0.3, 0.4) is 0 Å². The van der Waals surface area contributed by atoms with E-state index in [0.717, 1.165) is 10.9 Å². The minimum atomic E-state index is -0.614. The topological polar surface area (TPSA) is 106 Å². The summed E-state index contributed by atoms with van der Waals surface area (Å²) in [6, 6.07) is 10.9. The number of fused-ring (bicyclic) bond motifs is 1. The number of aromatic nitrogens is 3. The summed E-state index contributed by atoms with van der Waals surface area (Å²) in [7, 11) is 0. The van der Waals surface area contributed by atoms with Crippen LogP contribution in [0.1, 0.15) is 38.4 Å². The first-order valence-electron chi connectivity index (χ1n) is 11.2. The van der Waals surface area contributed by atoms with Gasteiger partial charge in [-0.15, -0.1) is 0 Å². The van der Waals surface area contributed by atoms with E-state index >= 15 is 0 Å². The molecule has 34 heavy (non-hydrogen) atoms. The molecular weight excluding hydrogens is 434 g/mol. The molecule has 0 bridgehead atoms. The number of pyridine rings is 1. The van der Waals surface area contributed by atoms with Crippen molar-refractivity contribution in [2.75, 3.05) is 13.1 Å². The summed E-state index contributed by atoms with van der Waals surface area (Å²) in [6.45, 7) is 8.17. The smallest absolute Gasteiger partial charge is 0.410 e. The third-order valence-electron chi connectivity index (χ3n) is 5.02. The Labute approximate surface area is 198 Å². The number of carbonyl (C=O) groups excluding carboxylic acids is 2. The predicted octanol–water partition coefficient (Wildman–Crippen LogP) is 3.04. The Balaban J connectivity index is 1.57. The molecule has 0 radical (unpaired) electrons. The molecule has 3 rings (SSSR count). The molecular formula is C25H31N5O4. The summed E-state index contributed by atoms with van der Waals surface area (Å²) in [5, 5.41) is 8.38. The van der Waals surface area contributed by atoms with E-state index in [4.69, 9.17) is 4.74 Å². The normalized spacial score (nSPS) is 11.3. The van der Waals surface area contributed by atoms with Crippen LogP contribution in [0, 0.1) is 6.92 Å². The van der Waals surface area contributed by atoms with Crippen LogP contribution in [-0.2, 0) is 22.6 Å². The summed E-state index contributed by atoms with van der Waals surface area (Å²) in [5.41, 5.74) is 0.654. The molecule has 2 amide bonds. The molecule has 180 valence electrons. The van der Waals surface area contributed by atoms with Crippen LogP contribution in [0.2, 0.25) is 0 Å². The maximum absolute atomic E-state index is 12.7. The lowest BCUT2D eigenvalue weighted by atomic mass is 10.1. The van der Waals surface area contributed by atoms with Gasteiger partial charge in [-0.1, -0.05) is 24.3 Å². The van der Waals surface area contributed by atoms with Crippen molar-refractivity contribution in [2.45, 2.75) is 52.8 Å². The number of nitrogens with one attached hydrogen (secondary N) is 1. The quantitative estimate of drug-likeness (QED) is 0.513. The standard InChI is InChI=1S/C25H31N5O4/c1-18-20-10-5-6-11-21(20)23(32)30(28-18)17-22(31)27-13-8-14-29(24(33)34-25(2,3)4)16-19-9-7-12-26-15-19/h5-7,9-12,15H,8,13-14,16-17H2,1-4H3,(H,27,31). The Kier molecular flexibility index (Phi) is 7.99. The van der Waals surface area contributed by atoms with Crippen molar-refractivity contribution in [2.24, 2.45) is 0 Å². The number of hydrogen-bond acceptors (Lipinski definition) is 6. The molecule has 1 aromatic carbocycles. The number of carbonyl (C=O) groups is 2. The van der Waals surface area contributed by atoms with Gasteiger partial charge in [0.1, 0.15) is 12.1 Å². The van der Waals surface area contributed by atoms with E-state index in [2.05, 4.69) is 15.4 Å². The first-order chi connectivity index (χ1) is 16.1. The zero-order valence-corrected chi connectivity index (χ0v) is 20.1. The second-order valence-corrected chi connectivity index (χ2v) is 9.06. The highest BCUT2D eigenvalue weighted by atomic mass is 16.6. The maximum atomic E-state index is 12.7. The van der Waals surface area contributed by atoms with Crippen molar-refractivity contribution < 1.29 is 14.3 Å². The van der Waals surface area contributed by atoms with Crippen molar-refractivity contribution in [3.8, 4) is 0 Å². The number of ether oxygens (including phenoxy) is 1. The SMILES string of the molecule is Cc1nn(CC(=O)NCCCN(Cc2cccnc2)C(=O)OC(C)(C)C)c(=O)c2ccccc12. The van der Waals surface area contributed by atoms with Gasteiger partial charge in [-0.05, 0) is 51.8 Å². The lowest BCUT2D eigenvalue weighted by Gasteiger charge is -2.27. The fraction of sp³-hybridized carbons (Fsp3) is 0.400. The lowest BCUT2D eigenvalue weighted by molar-refractivity contribution is -0.121. The van der Waals surface area contributed by atoms with E-state index in [1.165, 1.54) is 4.68 Å². The monoisotopic (exact) mass is 465 g/mol. The van der Waals surface area contributed by atoms with E-state index in [-0.39, 0.29) is 18.0 Å². The third kappa shape index (κ3) is 6.87. The predicted molar refractivity (Wildman–Crippen MR) is 129 cm³/mol. The van der Waals surface area contributed by atoms with Crippen LogP contribution in [-0.4, -0.2) is 50.4 Å². The minimum Gasteiger partial charge on any atom is -0.444 e. The van der Waals surface area contributed by atoms with Gasteiger partial charge < -0.3 is 15.0 Å². The number of amides is 2. The molecule has 0 aliphatic heterocycles. The highest BCUT2D eigenvalue weighted by Gasteiger charge is 2.22. The molecule has 0 atom stereocenters. The molecule has 3 aromatic rings. The first kappa shape index (κ1) is 24.9. The lowest BCUT2D eigenvalue weighted by Crippen LogP contribution is -2.39. The number of benzene rings is 1. The molecule has 0 aliphatic rings. The van der Waals surface area contributed by atoms with Crippen LogP contribution < -0.4 is 10.9 Å². The zero-order chi connectivity index (χ0) is 24.7. The Morgan fingerprint density at radius 3 is 2.53 bits per heavy atom. The van der Waals surface area contributed by atoms with Crippen molar-refractivity contribution in [1.82, 2.24) is 25.0 Å². The molecule has 0 spiro atoms. The van der Waals surface area contributed by atoms with Gasteiger partial charge in [0.25, 0.3) is 5.56 Å². The van der Waals surface area contributed by atoms with Crippen molar-refractivity contribution in [3.63, 3.8) is 0 Å². The average molecular weight is 466 g/mol. The van der Waals surface area contributed by atoms with E-state index in [9.17, 15) is 14.4 Å². The Bertz CT molecular complexity index is 1200. The molecule has 2 aromatic heterocycles. The number of nitrogens with zero attached hydrogens (tertiary/aromatic N) is 4. The second-order valence-electron chi connectivity index (χ2n) is 9.06. The van der Waals surface area contributed by atoms with E-state index in [0.29, 0.717) is 37.1 Å². The Morgan fingerprint density at radius 1 is 1.12 bits per heavy atom. The summed E-state index contributed by atoms with van der Waals surface area (Å²) in [4.78, 5) is 43.4. The van der Waals surface area contributed by atoms with Crippen LogP contribution in [0.15, 0.2) is 53.6 Å². The Hall–Kier alpha value is -3.75. The molecule has 1 N–H and O–H groups in total. The first-order valence-corrected chi connectivity index (χ1v) is 11.2. The van der Waals surface area contributed by atoms with E-state index < -0.39 is 11.7 Å². The summed E-state index contributed by atoms with van der Waals surface area (Å²) < 4.78 is 6.70. The fourth-order valence-electron chi connectivity index (χ4n) is 3.47. The summed E-state index contributed by atoms with van der Waals surface area (Å²) in [6.07, 6.45) is 3.47. The minimum absolute atomic E-state index is 0.171. The van der Waals surface area contributed by atoms with Gasteiger partial charge in [0, 0.05) is 30.9 Å². The molecule has 0 saturated carbocycles. The molecule has 0 aliphatic carbocycles. The third-order valence-corrected chi connectivity index (χ3v) is 5.02. The highest BCUT2D eigenvalue weighted by molar-refractivity contribution is 5.83. The van der Waals surface area contributed by atoms with E-state index in [1.54, 1.807) is 29.4 Å². The number of hydrogen-bond donors (Lipinski definition) is 1. The van der Waals surface area contributed by atoms with Gasteiger partial charge in [0.05, 0.1) is 17.6 Å². The summed E-state index contributed by atoms with van der Waals surface area (Å²) >= 11 is 0. The largest absolute Gasteiger partial charge is 0.444 e. The van der Waals surface area contributed by atoms with Gasteiger partial charge >= 0.3 is 6.09 Å². The van der Waals surface area contributed by atoms with Crippen LogP contribution in [0.25, 0.3) is 10.8 Å². The molecule has 9 nitrogen and oxygen atoms in total. The fourth-order valence-corrected chi connectivity index (χ4v) is 3.47. The molecule has 0 saturated heterocycles. The summed E-state index contributed by atoms with van der Waals surface area (Å²) in [5.74, 6) is -0.319. The molecule has 2 heterocycles. The van der Waals surface area contributed by atoms with Crippen LogP contribution in [0.5, 0.6) is 0 Å². The van der Waals surface area contributed by atoms with E-state index in [1.807, 2.05) is 52.0 Å². The van der Waals surface area contributed by atoms with Gasteiger partial charge in [0.2, 0.25) is 5.91 Å². The second kappa shape index (κ2) is 10.9. The molecule has 9 heteroatoms. The van der Waals surface area contributed by atoms with Gasteiger partial charge in [-0.2, -0.15) is 5.10 Å². The molecule has 0 fully saturated rings. The average Bonchev–Trinajstić information content (AvgIpc) is 2.79. The van der Waals surface area contributed by atoms with Gasteiger partial charge in [-0.25, -0.2) is 9.48 Å². The van der Waals surface area contributed by atoms with Crippen LogP contribution >= 0.6 is 0 Å². The van der Waals surface area contributed by atoms with Crippen LogP contribution in [0.4, 0.5) is 4.79 Å². The molecule has 0 unspecified atom stereocenters. The maximum Gasteiger partial charge on any atom is 0.410 e. The highest BCUT2D eigenvalue weighted by Crippen LogP contribution is 2.13. The van der Waals surface area contributed by atoms with Crippen molar-refractivity contribution in [3.05, 3.63) is 70.4 Å². The van der Waals surface area contributed by atoms with Gasteiger partial charge in [0.15, 0.2) is 0 Å². The Morgan fingerprint density at radius 2 is 1.85 bits per heavy atom. The van der Waals surface area contributed by atoms with Gasteiger partial charge in [-0.3, -0.25) is 14.6 Å². The van der Waals surface area contributed by atoms with Crippen molar-refractivity contribution >= 4 is 22.8 Å². The zero-order valence-electron chi connectivity index (χ0n) is 20.1. The van der Waals surface area contributed by atoms with Crippen molar-refractivity contribution in [1.29, 1.82) is 0 Å². The number of aryl methyl sites for hydroxylation is 1.